The molecule has 0 amide bonds. The van der Waals surface area contributed by atoms with E-state index in [9.17, 15) is 0 Å². The Morgan fingerprint density at radius 2 is 0.373 bits per heavy atom. The van der Waals surface area contributed by atoms with Crippen LogP contribution in [-0.4, -0.2) is 0 Å². The van der Waals surface area contributed by atoms with E-state index >= 15 is 4.57 Å². The summed E-state index contributed by atoms with van der Waals surface area (Å²) in [5.74, 6) is 1.06. The van der Waals surface area contributed by atoms with Crippen molar-refractivity contribution in [2.75, 3.05) is 0 Å². The SMILES string of the molecule is CC(C)(C)c1ccc(-c2ccc(OP(=O)(Oc3ccc(-c4ccc(C(C)(C)C)cc4)cc3-c3ccc(C(C)(C)C)cc3)Oc3ccc(-c4ccc(C(C)(C)C)cc4)cc3-c3ccc(C(C)(C)C)cc3)c(-c3ccc(C(C)(C)C)cc3)c2)cc1. The summed E-state index contributed by atoms with van der Waals surface area (Å²) in [5, 5.41) is 0. The zero-order valence-electron chi connectivity index (χ0n) is 52.6. The van der Waals surface area contributed by atoms with Gasteiger partial charge in [-0.3, -0.25) is 0 Å². The van der Waals surface area contributed by atoms with Crippen molar-refractivity contribution >= 4 is 7.82 Å². The molecule has 0 radical (unpaired) electrons. The van der Waals surface area contributed by atoms with Crippen molar-refractivity contribution in [3.8, 4) is 84.0 Å². The summed E-state index contributed by atoms with van der Waals surface area (Å²) in [6.45, 7) is 40.0. The molecule has 0 aliphatic rings. The first kappa shape index (κ1) is 60.2. The minimum absolute atomic E-state index is 0.00111. The average Bonchev–Trinajstić information content (AvgIpc) is 3.61. The molecule has 83 heavy (non-hydrogen) atoms. The maximum Gasteiger partial charge on any atom is 0.647 e. The number of hydrogen-bond acceptors (Lipinski definition) is 4. The predicted octanol–water partition coefficient (Wildman–Crippen LogP) is 23.1. The summed E-state index contributed by atoms with van der Waals surface area (Å²) in [7, 11) is -4.77. The summed E-state index contributed by atoms with van der Waals surface area (Å²) >= 11 is 0. The van der Waals surface area contributed by atoms with Gasteiger partial charge < -0.3 is 13.6 Å². The van der Waals surface area contributed by atoms with Crippen molar-refractivity contribution < 1.29 is 18.1 Å². The molecule has 9 rings (SSSR count). The van der Waals surface area contributed by atoms with Crippen molar-refractivity contribution in [2.24, 2.45) is 0 Å². The molecule has 9 aromatic rings. The quantitative estimate of drug-likeness (QED) is 0.114. The van der Waals surface area contributed by atoms with Gasteiger partial charge in [0.1, 0.15) is 17.2 Å². The molecule has 0 unspecified atom stereocenters. The lowest BCUT2D eigenvalue weighted by atomic mass is 9.85. The topological polar surface area (TPSA) is 44.8 Å². The second-order valence-electron chi connectivity index (χ2n) is 28.8. The Morgan fingerprint density at radius 1 is 0.217 bits per heavy atom. The van der Waals surface area contributed by atoms with Crippen molar-refractivity contribution in [3.63, 3.8) is 0 Å². The molecule has 0 aromatic heterocycles. The molecule has 4 nitrogen and oxygen atoms in total. The summed E-state index contributed by atoms with van der Waals surface area (Å²) in [6, 6.07) is 70.2. The van der Waals surface area contributed by atoms with E-state index in [1.54, 1.807) is 0 Å². The minimum Gasteiger partial charge on any atom is -0.385 e. The molecule has 9 aromatic carbocycles. The van der Waals surface area contributed by atoms with Gasteiger partial charge in [-0.05, 0) is 152 Å². The van der Waals surface area contributed by atoms with Crippen LogP contribution < -0.4 is 13.6 Å². The van der Waals surface area contributed by atoms with E-state index < -0.39 is 7.82 Å². The van der Waals surface area contributed by atoms with Gasteiger partial charge in [-0.15, -0.1) is 0 Å². The number of phosphoric acid groups is 1. The van der Waals surface area contributed by atoms with Crippen molar-refractivity contribution in [1.29, 1.82) is 0 Å². The maximum atomic E-state index is 16.8. The largest absolute Gasteiger partial charge is 0.647 e. The highest BCUT2D eigenvalue weighted by Gasteiger charge is 2.37. The fraction of sp³-hybridized carbons (Fsp3) is 0.308. The summed E-state index contributed by atoms with van der Waals surface area (Å²) < 4.78 is 38.1. The minimum atomic E-state index is -4.77. The molecule has 0 atom stereocenters. The summed E-state index contributed by atoms with van der Waals surface area (Å²) in [4.78, 5) is 0. The Labute approximate surface area is 498 Å². The number of hydrogen-bond donors (Lipinski definition) is 0. The van der Waals surface area contributed by atoms with Crippen molar-refractivity contribution in [1.82, 2.24) is 0 Å². The van der Waals surface area contributed by atoms with E-state index in [1.807, 2.05) is 36.4 Å². The Kier molecular flexibility index (Phi) is 16.4. The van der Waals surface area contributed by atoms with Crippen molar-refractivity contribution in [3.05, 3.63) is 234 Å². The molecule has 0 N–H and O–H groups in total. The lowest BCUT2D eigenvalue weighted by Crippen LogP contribution is -2.11. The van der Waals surface area contributed by atoms with Crippen LogP contribution in [0.1, 0.15) is 158 Å². The third-order valence-corrected chi connectivity index (χ3v) is 17.3. The fourth-order valence-corrected chi connectivity index (χ4v) is 11.7. The zero-order valence-corrected chi connectivity index (χ0v) is 53.5. The van der Waals surface area contributed by atoms with Crippen LogP contribution in [0.5, 0.6) is 17.2 Å². The van der Waals surface area contributed by atoms with E-state index in [0.717, 1.165) is 66.8 Å². The summed E-state index contributed by atoms with van der Waals surface area (Å²) in [6.07, 6.45) is 0. The molecule has 0 spiro atoms. The molecular formula is C78H87O4P. The first-order chi connectivity index (χ1) is 38.7. The molecule has 0 aliphatic carbocycles. The van der Waals surface area contributed by atoms with Gasteiger partial charge in [0.2, 0.25) is 0 Å². The van der Waals surface area contributed by atoms with Gasteiger partial charge in [-0.1, -0.05) is 288 Å². The second kappa shape index (κ2) is 22.6. The highest BCUT2D eigenvalue weighted by molar-refractivity contribution is 7.49. The monoisotopic (exact) mass is 1120 g/mol. The lowest BCUT2D eigenvalue weighted by Gasteiger charge is -2.25. The van der Waals surface area contributed by atoms with Crippen LogP contribution in [0.3, 0.4) is 0 Å². The van der Waals surface area contributed by atoms with Gasteiger partial charge in [0.25, 0.3) is 0 Å². The van der Waals surface area contributed by atoms with Gasteiger partial charge >= 0.3 is 7.82 Å². The summed E-state index contributed by atoms with van der Waals surface area (Å²) in [5.41, 5.74) is 18.2. The van der Waals surface area contributed by atoms with Crippen LogP contribution in [0.15, 0.2) is 200 Å². The second-order valence-corrected chi connectivity index (χ2v) is 30.3. The van der Waals surface area contributed by atoms with Gasteiger partial charge in [0.05, 0.1) is 0 Å². The highest BCUT2D eigenvalue weighted by atomic mass is 31.2. The zero-order chi connectivity index (χ0) is 60.1. The predicted molar refractivity (Wildman–Crippen MR) is 354 cm³/mol. The van der Waals surface area contributed by atoms with Crippen LogP contribution in [0.2, 0.25) is 0 Å². The van der Waals surface area contributed by atoms with Crippen molar-refractivity contribution in [2.45, 2.75) is 157 Å². The lowest BCUT2D eigenvalue weighted by molar-refractivity contribution is 0.299. The van der Waals surface area contributed by atoms with E-state index in [2.05, 4.69) is 288 Å². The molecule has 0 fully saturated rings. The normalized spacial score (nSPS) is 12.7. The van der Waals surface area contributed by atoms with Crippen LogP contribution in [0.25, 0.3) is 66.8 Å². The molecule has 0 saturated carbocycles. The number of benzene rings is 9. The van der Waals surface area contributed by atoms with E-state index in [-0.39, 0.29) is 32.5 Å². The maximum absolute atomic E-state index is 16.8. The van der Waals surface area contributed by atoms with Crippen LogP contribution in [0, 0.1) is 0 Å². The van der Waals surface area contributed by atoms with Crippen LogP contribution in [-0.2, 0) is 37.1 Å². The molecule has 428 valence electrons. The third kappa shape index (κ3) is 14.2. The van der Waals surface area contributed by atoms with Gasteiger partial charge in [0.15, 0.2) is 0 Å². The average molecular weight is 1120 g/mol. The first-order valence-corrected chi connectivity index (χ1v) is 30.9. The molecule has 5 heteroatoms. The van der Waals surface area contributed by atoms with E-state index in [1.165, 1.54) is 33.4 Å². The Hall–Kier alpha value is -7.39. The number of phosphoric ester groups is 1. The Morgan fingerprint density at radius 3 is 0.542 bits per heavy atom. The number of rotatable bonds is 12. The van der Waals surface area contributed by atoms with Crippen LogP contribution >= 0.6 is 7.82 Å². The fourth-order valence-electron chi connectivity index (χ4n) is 10.4. The molecule has 0 bridgehead atoms. The standard InChI is InChI=1S/C78H87O4P/c1-73(2,3)61-34-19-52(20-35-61)58-31-46-70(67(49-58)55-25-40-64(41-26-55)76(10,11)12)80-83(79,81-71-47-32-59(53-21-36-62(37-22-53)74(4,5)6)50-68(71)56-27-42-65(43-28-56)77(13,14)15)82-72-48-33-60(54-23-38-63(39-24-54)75(7,8)9)51-69(72)57-29-44-66(45-30-57)78(16,17)18/h19-51H,1-18H3. The first-order valence-electron chi connectivity index (χ1n) is 29.5. The van der Waals surface area contributed by atoms with Gasteiger partial charge in [0, 0.05) is 16.7 Å². The third-order valence-electron chi connectivity index (χ3n) is 16.0. The molecular weight excluding hydrogens is 1030 g/mol. The van der Waals surface area contributed by atoms with E-state index in [0.29, 0.717) is 17.2 Å². The van der Waals surface area contributed by atoms with Gasteiger partial charge in [-0.2, -0.15) is 4.57 Å². The Balaban J connectivity index is 1.25. The smallest absolute Gasteiger partial charge is 0.385 e. The highest BCUT2D eigenvalue weighted by Crippen LogP contribution is 2.56. The molecule has 0 saturated heterocycles. The van der Waals surface area contributed by atoms with Gasteiger partial charge in [-0.25, -0.2) is 0 Å². The Bertz CT molecular complexity index is 3370. The van der Waals surface area contributed by atoms with E-state index in [4.69, 9.17) is 13.6 Å². The van der Waals surface area contributed by atoms with Crippen LogP contribution in [0.4, 0.5) is 0 Å². The molecule has 0 heterocycles. The molecule has 0 aliphatic heterocycles.